The van der Waals surface area contributed by atoms with Crippen molar-refractivity contribution < 1.29 is 0 Å². The molecule has 0 bridgehead atoms. The van der Waals surface area contributed by atoms with Gasteiger partial charge >= 0.3 is 0 Å². The summed E-state index contributed by atoms with van der Waals surface area (Å²) in [6.07, 6.45) is 0. The monoisotopic (exact) mass is 164 g/mol. The van der Waals surface area contributed by atoms with E-state index < -0.39 is 0 Å². The zero-order valence-corrected chi connectivity index (χ0v) is 7.15. The lowest BCUT2D eigenvalue weighted by Crippen LogP contribution is -1.79. The van der Waals surface area contributed by atoms with Crippen molar-refractivity contribution in [2.75, 3.05) is 5.75 Å². The lowest BCUT2D eigenvalue weighted by atomic mass is 10.7. The van der Waals surface area contributed by atoms with Gasteiger partial charge in [0.25, 0.3) is 0 Å². The molecule has 1 aliphatic heterocycles. The van der Waals surface area contributed by atoms with Crippen LogP contribution in [-0.4, -0.2) is 10.3 Å². The Balaban J connectivity index is 2.37. The Morgan fingerprint density at radius 1 is 1.88 bits per heavy atom. The normalized spacial score (nSPS) is 28.2. The molecule has 1 heterocycles. The Kier molecular flexibility index (Phi) is 2.66. The number of rotatable bonds is 1. The second kappa shape index (κ2) is 3.08. The number of thioether (sulfide) groups is 2. The van der Waals surface area contributed by atoms with Gasteiger partial charge in [0.1, 0.15) is 0 Å². The SMILES string of the molecule is CC1SC=C(CS)S1. The van der Waals surface area contributed by atoms with E-state index in [9.17, 15) is 0 Å². The Morgan fingerprint density at radius 3 is 2.88 bits per heavy atom. The summed E-state index contributed by atoms with van der Waals surface area (Å²) in [6, 6.07) is 0. The smallest absolute Gasteiger partial charge is 0.0560 e. The van der Waals surface area contributed by atoms with Crippen molar-refractivity contribution in [3.63, 3.8) is 0 Å². The summed E-state index contributed by atoms with van der Waals surface area (Å²) < 4.78 is 0.720. The zero-order chi connectivity index (χ0) is 5.98. The molecule has 0 spiro atoms. The first-order valence-corrected chi connectivity index (χ1v) is 4.90. The maximum atomic E-state index is 4.15. The molecule has 0 radical (unpaired) electrons. The number of thiol groups is 1. The fourth-order valence-corrected chi connectivity index (χ4v) is 3.03. The quantitative estimate of drug-likeness (QED) is 0.592. The van der Waals surface area contributed by atoms with Crippen molar-refractivity contribution in [2.24, 2.45) is 0 Å². The molecule has 8 heavy (non-hydrogen) atoms. The van der Waals surface area contributed by atoms with E-state index in [1.165, 1.54) is 4.91 Å². The molecule has 0 fully saturated rings. The van der Waals surface area contributed by atoms with Crippen LogP contribution in [0, 0.1) is 0 Å². The van der Waals surface area contributed by atoms with Crippen LogP contribution >= 0.6 is 36.2 Å². The zero-order valence-electron chi connectivity index (χ0n) is 4.63. The van der Waals surface area contributed by atoms with E-state index in [1.54, 1.807) is 0 Å². The average molecular weight is 164 g/mol. The highest BCUT2D eigenvalue weighted by molar-refractivity contribution is 8.23. The molecule has 0 aromatic rings. The van der Waals surface area contributed by atoms with Gasteiger partial charge in [0.15, 0.2) is 0 Å². The standard InChI is InChI=1S/C5H8S3/c1-4-7-3-5(2-6)8-4/h3-4,6H,2H2,1H3. The topological polar surface area (TPSA) is 0 Å². The summed E-state index contributed by atoms with van der Waals surface area (Å²) in [7, 11) is 0. The van der Waals surface area contributed by atoms with E-state index in [-0.39, 0.29) is 0 Å². The third-order valence-electron chi connectivity index (χ3n) is 0.864. The summed E-state index contributed by atoms with van der Waals surface area (Å²) >= 11 is 7.95. The van der Waals surface area contributed by atoms with E-state index in [0.717, 1.165) is 10.3 Å². The van der Waals surface area contributed by atoms with Crippen LogP contribution in [0.1, 0.15) is 6.92 Å². The van der Waals surface area contributed by atoms with Gasteiger partial charge in [-0.2, -0.15) is 12.6 Å². The van der Waals surface area contributed by atoms with Gasteiger partial charge < -0.3 is 0 Å². The molecule has 1 aliphatic rings. The van der Waals surface area contributed by atoms with Gasteiger partial charge in [-0.1, -0.05) is 0 Å². The molecule has 1 unspecified atom stereocenters. The van der Waals surface area contributed by atoms with Crippen molar-refractivity contribution in [1.82, 2.24) is 0 Å². The van der Waals surface area contributed by atoms with Gasteiger partial charge in [-0.25, -0.2) is 0 Å². The predicted octanol–water partition coefficient (Wildman–Crippen LogP) is 2.58. The van der Waals surface area contributed by atoms with Crippen LogP contribution in [0.2, 0.25) is 0 Å². The Labute approximate surface area is 63.9 Å². The van der Waals surface area contributed by atoms with E-state index >= 15 is 0 Å². The molecule has 0 saturated heterocycles. The van der Waals surface area contributed by atoms with E-state index in [4.69, 9.17) is 0 Å². The Morgan fingerprint density at radius 2 is 2.62 bits per heavy atom. The molecule has 0 aromatic heterocycles. The van der Waals surface area contributed by atoms with Crippen molar-refractivity contribution in [1.29, 1.82) is 0 Å². The molecule has 1 rings (SSSR count). The van der Waals surface area contributed by atoms with Crippen molar-refractivity contribution in [2.45, 2.75) is 11.5 Å². The minimum Gasteiger partial charge on any atom is -0.174 e. The third-order valence-corrected chi connectivity index (χ3v) is 3.89. The van der Waals surface area contributed by atoms with Crippen LogP contribution in [0.25, 0.3) is 0 Å². The van der Waals surface area contributed by atoms with Gasteiger partial charge in [0, 0.05) is 10.7 Å². The summed E-state index contributed by atoms with van der Waals surface area (Å²) in [5, 5.41) is 2.20. The second-order valence-electron chi connectivity index (χ2n) is 1.56. The summed E-state index contributed by atoms with van der Waals surface area (Å²) in [5.41, 5.74) is 0. The maximum Gasteiger partial charge on any atom is 0.0560 e. The van der Waals surface area contributed by atoms with Crippen LogP contribution in [0.15, 0.2) is 10.3 Å². The molecule has 0 aromatic carbocycles. The van der Waals surface area contributed by atoms with Gasteiger partial charge in [-0.3, -0.25) is 0 Å². The van der Waals surface area contributed by atoms with Crippen LogP contribution in [0.3, 0.4) is 0 Å². The summed E-state index contributed by atoms with van der Waals surface area (Å²) in [5.74, 6) is 0.905. The minimum absolute atomic E-state index is 0.720. The third kappa shape index (κ3) is 1.64. The first-order chi connectivity index (χ1) is 3.83. The molecule has 0 amide bonds. The van der Waals surface area contributed by atoms with Gasteiger partial charge in [0.2, 0.25) is 0 Å². The largest absolute Gasteiger partial charge is 0.174 e. The lowest BCUT2D eigenvalue weighted by Gasteiger charge is -1.96. The average Bonchev–Trinajstić information content (AvgIpc) is 2.14. The van der Waals surface area contributed by atoms with Gasteiger partial charge in [-0.05, 0) is 12.3 Å². The van der Waals surface area contributed by atoms with E-state index in [0.29, 0.717) is 0 Å². The molecule has 46 valence electrons. The van der Waals surface area contributed by atoms with Crippen molar-refractivity contribution >= 4 is 36.2 Å². The molecule has 0 saturated carbocycles. The maximum absolute atomic E-state index is 4.15. The van der Waals surface area contributed by atoms with Crippen molar-refractivity contribution in [3.8, 4) is 0 Å². The fourth-order valence-electron chi connectivity index (χ4n) is 0.515. The highest BCUT2D eigenvalue weighted by Gasteiger charge is 2.11. The molecule has 1 atom stereocenters. The predicted molar refractivity (Wildman–Crippen MR) is 46.6 cm³/mol. The van der Waals surface area contributed by atoms with E-state index in [1.807, 2.05) is 23.5 Å². The molecule has 3 heteroatoms. The molecular weight excluding hydrogens is 156 g/mol. The first kappa shape index (κ1) is 6.90. The highest BCUT2D eigenvalue weighted by Crippen LogP contribution is 2.39. The van der Waals surface area contributed by atoms with Crippen molar-refractivity contribution in [3.05, 3.63) is 10.3 Å². The fraction of sp³-hybridized carbons (Fsp3) is 0.600. The minimum atomic E-state index is 0.720. The highest BCUT2D eigenvalue weighted by atomic mass is 32.2. The van der Waals surface area contributed by atoms with Crippen LogP contribution in [0.4, 0.5) is 0 Å². The van der Waals surface area contributed by atoms with Crippen LogP contribution < -0.4 is 0 Å². The number of hydrogen-bond acceptors (Lipinski definition) is 3. The van der Waals surface area contributed by atoms with Crippen LogP contribution in [-0.2, 0) is 0 Å². The number of hydrogen-bond donors (Lipinski definition) is 1. The van der Waals surface area contributed by atoms with E-state index in [2.05, 4.69) is 25.0 Å². The Bertz CT molecular complexity index is 108. The molecule has 0 N–H and O–H groups in total. The van der Waals surface area contributed by atoms with Gasteiger partial charge in [0.05, 0.1) is 4.58 Å². The second-order valence-corrected chi connectivity index (χ2v) is 4.86. The van der Waals surface area contributed by atoms with Crippen LogP contribution in [0.5, 0.6) is 0 Å². The lowest BCUT2D eigenvalue weighted by molar-refractivity contribution is 1.44. The van der Waals surface area contributed by atoms with Gasteiger partial charge in [-0.15, -0.1) is 23.5 Å². The molecule has 0 aliphatic carbocycles. The summed E-state index contributed by atoms with van der Waals surface area (Å²) in [4.78, 5) is 1.41. The summed E-state index contributed by atoms with van der Waals surface area (Å²) in [6.45, 7) is 2.21. The first-order valence-electron chi connectivity index (χ1n) is 2.45. The Hall–Kier alpha value is 0.790. The molecule has 0 nitrogen and oxygen atoms in total. The molecular formula is C5H8S3.